The van der Waals surface area contributed by atoms with Gasteiger partial charge in [0.2, 0.25) is 0 Å². The highest BCUT2D eigenvalue weighted by molar-refractivity contribution is 5.98. The predicted molar refractivity (Wildman–Crippen MR) is 251 cm³/mol. The Morgan fingerprint density at radius 1 is 0.726 bits per heavy atom. The number of aliphatic carboxylic acids is 5. The van der Waals surface area contributed by atoms with Crippen molar-refractivity contribution in [1.82, 2.24) is 4.90 Å². The lowest BCUT2D eigenvalue weighted by atomic mass is 9.82. The van der Waals surface area contributed by atoms with Crippen LogP contribution < -0.4 is 34.4 Å². The lowest BCUT2D eigenvalue weighted by Gasteiger charge is -2.35. The van der Waals surface area contributed by atoms with E-state index in [0.29, 0.717) is 61.8 Å². The quantitative estimate of drug-likeness (QED) is 0.0269. The first-order chi connectivity index (χ1) is 34.7. The summed E-state index contributed by atoms with van der Waals surface area (Å²) < 4.78 is 29.6. The first-order valence-electron chi connectivity index (χ1n) is 22.5. The van der Waals surface area contributed by atoms with Gasteiger partial charge in [-0.25, -0.2) is 4.79 Å². The molecule has 2 saturated carbocycles. The first kappa shape index (κ1) is 55.4. The third-order valence-corrected chi connectivity index (χ3v) is 12.1. The number of nitro groups is 1. The van der Waals surface area contributed by atoms with Gasteiger partial charge in [0.05, 0.1) is 48.1 Å². The number of carbonyl (C=O) groups is 6. The summed E-state index contributed by atoms with van der Waals surface area (Å²) >= 11 is 0. The van der Waals surface area contributed by atoms with E-state index in [1.807, 2.05) is 0 Å². The molecule has 2 aliphatic rings. The van der Waals surface area contributed by atoms with E-state index >= 15 is 0 Å². The molecule has 2 atom stereocenters. The molecular formula is C48H52N4O21. The van der Waals surface area contributed by atoms with Crippen molar-refractivity contribution in [3.63, 3.8) is 0 Å². The molecule has 25 nitrogen and oxygen atoms in total. The van der Waals surface area contributed by atoms with Crippen molar-refractivity contribution >= 4 is 69.8 Å². The van der Waals surface area contributed by atoms with Crippen LogP contribution in [0.2, 0.25) is 0 Å². The fraction of sp³-hybridized carbons (Fsp3) is 0.417. The lowest BCUT2D eigenvalue weighted by Crippen LogP contribution is -2.44. The molecule has 2 fully saturated rings. The number of ketones is 1. The molecule has 5 N–H and O–H groups in total. The monoisotopic (exact) mass is 1020 g/mol. The van der Waals surface area contributed by atoms with Gasteiger partial charge in [-0.2, -0.15) is 9.59 Å². The van der Waals surface area contributed by atoms with Crippen molar-refractivity contribution in [2.24, 2.45) is 5.92 Å². The summed E-state index contributed by atoms with van der Waals surface area (Å²) in [4.78, 5) is 117. The maximum absolute atomic E-state index is 13.4. The Labute approximate surface area is 414 Å². The van der Waals surface area contributed by atoms with E-state index in [4.69, 9.17) is 33.0 Å². The number of likely N-dealkylation sites (N-methyl/N-ethyl adjacent to an activating group) is 1. The molecule has 0 bridgehead atoms. The van der Waals surface area contributed by atoms with Crippen LogP contribution in [0.25, 0.3) is 11.0 Å². The number of nitro benzene ring substituents is 1. The molecule has 0 radical (unpaired) electrons. The highest BCUT2D eigenvalue weighted by Crippen LogP contribution is 2.41. The van der Waals surface area contributed by atoms with Gasteiger partial charge in [0, 0.05) is 37.0 Å². The Morgan fingerprint density at radius 2 is 1.29 bits per heavy atom. The topological polar surface area (TPSA) is 358 Å². The van der Waals surface area contributed by atoms with Crippen LogP contribution in [0.5, 0.6) is 23.0 Å². The third kappa shape index (κ3) is 15.5. The van der Waals surface area contributed by atoms with E-state index in [1.54, 1.807) is 25.2 Å². The van der Waals surface area contributed by atoms with Crippen molar-refractivity contribution in [3.05, 3.63) is 86.3 Å². The summed E-state index contributed by atoms with van der Waals surface area (Å²) in [6.07, 6.45) is 2.08. The predicted octanol–water partition coefficient (Wildman–Crippen LogP) is 4.18. The molecule has 25 heteroatoms. The number of ether oxygens (including phenoxy) is 4. The molecule has 1 aromatic heterocycles. The van der Waals surface area contributed by atoms with Crippen LogP contribution in [0.3, 0.4) is 0 Å². The Kier molecular flexibility index (Phi) is 19.4. The van der Waals surface area contributed by atoms with Crippen molar-refractivity contribution in [3.8, 4) is 23.0 Å². The van der Waals surface area contributed by atoms with Crippen LogP contribution in [0.1, 0.15) is 67.3 Å². The number of anilines is 2. The van der Waals surface area contributed by atoms with Crippen LogP contribution in [0.4, 0.5) is 17.1 Å². The van der Waals surface area contributed by atoms with Gasteiger partial charge in [0.1, 0.15) is 72.6 Å². The molecular weight excluding hydrogens is 969 g/mol. The summed E-state index contributed by atoms with van der Waals surface area (Å²) in [6, 6.07) is 12.5. The second-order valence-electron chi connectivity index (χ2n) is 17.2. The number of methoxy groups -OCH3 is 1. The zero-order valence-corrected chi connectivity index (χ0v) is 39.5. The van der Waals surface area contributed by atoms with E-state index in [-0.39, 0.29) is 70.7 Å². The van der Waals surface area contributed by atoms with E-state index in [0.717, 1.165) is 11.0 Å². The summed E-state index contributed by atoms with van der Waals surface area (Å²) in [5, 5.41) is 60.5. The number of carbonyl (C=O) groups excluding carboxylic acids is 3. The van der Waals surface area contributed by atoms with Gasteiger partial charge in [-0.1, -0.05) is 0 Å². The van der Waals surface area contributed by atoms with Crippen LogP contribution in [0, 0.1) is 16.0 Å². The standard InChI is InChI=1S/C47H52N4O19.CO2/c1-48(20-42(53)54)33-13-12-30(66-2)17-40(33)68-37-4-3-5-38(37)69-41-19-34(51(64)65)28(16-35(41)50(23-45(59)60)24-46(61)62)25-67-31-11-8-27-15-32(47(63)70-39(27)18-31)36(52)14-26-6-9-29(10-7-26)49(21-43(55)56)22-44(57)58;2-1-3/h8,11-13,15-19,26,29,37-38H,3-7,9-10,14,20-25H2,1-2H3,(H,53,54)(H,55,56)(H,57,58)(H,59,60)(H,61,62);/t26?,29?,37-,38+;/m1./s1. The van der Waals surface area contributed by atoms with Gasteiger partial charge in [-0.05, 0) is 87.3 Å². The van der Waals surface area contributed by atoms with Crippen molar-refractivity contribution in [1.29, 1.82) is 0 Å². The van der Waals surface area contributed by atoms with E-state index in [2.05, 4.69) is 0 Å². The molecule has 3 aromatic carbocycles. The molecule has 390 valence electrons. The van der Waals surface area contributed by atoms with E-state index in [9.17, 15) is 69.2 Å². The normalized spacial score (nSPS) is 17.0. The number of rotatable bonds is 25. The fourth-order valence-electron chi connectivity index (χ4n) is 8.87. The van der Waals surface area contributed by atoms with Crippen LogP contribution in [-0.2, 0) is 40.2 Å². The number of nitrogens with zero attached hydrogens (tertiary/aromatic N) is 4. The maximum Gasteiger partial charge on any atom is 0.373 e. The largest absolute Gasteiger partial charge is 0.497 e. The number of benzene rings is 3. The molecule has 0 amide bonds. The first-order valence-corrected chi connectivity index (χ1v) is 22.5. The highest BCUT2D eigenvalue weighted by Gasteiger charge is 2.35. The molecule has 0 aliphatic heterocycles. The number of carboxylic acid groups (broad SMARTS) is 5. The van der Waals surface area contributed by atoms with Gasteiger partial charge in [-0.3, -0.25) is 43.8 Å². The molecule has 6 rings (SSSR count). The number of fused-ring (bicyclic) bond motifs is 1. The minimum absolute atomic E-state index is 0.0101. The van der Waals surface area contributed by atoms with Crippen LogP contribution in [0.15, 0.2) is 63.8 Å². The SMILES string of the molecule is COc1ccc(N(C)CC(=O)O)c(O[C@@H]2CCC[C@@H]2Oc2cc([N+](=O)[O-])c(COc3ccc4cc(C(=O)CC5CCC(N(CC(=O)O)CC(=O)O)CC5)c(=O)oc4c3)cc2N(CC(=O)O)CC(=O)O)c1.O=C=O. The average molecular weight is 1020 g/mol. The van der Waals surface area contributed by atoms with Gasteiger partial charge in [-0.15, -0.1) is 0 Å². The minimum atomic E-state index is -1.41. The summed E-state index contributed by atoms with van der Waals surface area (Å²) in [5.41, 5.74) is -1.42. The summed E-state index contributed by atoms with van der Waals surface area (Å²) in [7, 11) is 3.01. The summed E-state index contributed by atoms with van der Waals surface area (Å²) in [6.45, 7) is -3.41. The number of Topliss-reactive ketones (excluding diaryl/α,β-unsaturated/α-hetero) is 1. The van der Waals surface area contributed by atoms with Crippen molar-refractivity contribution in [2.75, 3.05) is 56.7 Å². The number of hydrogen-bond donors (Lipinski definition) is 5. The summed E-state index contributed by atoms with van der Waals surface area (Å²) in [5.74, 6) is -6.27. The van der Waals surface area contributed by atoms with Gasteiger partial charge >= 0.3 is 41.6 Å². The second kappa shape index (κ2) is 25.5. The van der Waals surface area contributed by atoms with Gasteiger partial charge < -0.3 is 58.7 Å². The van der Waals surface area contributed by atoms with Crippen molar-refractivity contribution < 1.29 is 92.2 Å². The molecule has 1 heterocycles. The van der Waals surface area contributed by atoms with Crippen molar-refractivity contribution in [2.45, 2.75) is 76.2 Å². The van der Waals surface area contributed by atoms with Gasteiger partial charge in [0.25, 0.3) is 5.69 Å². The second-order valence-corrected chi connectivity index (χ2v) is 17.2. The van der Waals surface area contributed by atoms with E-state index < -0.39 is 96.9 Å². The fourth-order valence-corrected chi connectivity index (χ4v) is 8.87. The highest BCUT2D eigenvalue weighted by atomic mass is 16.6. The third-order valence-electron chi connectivity index (χ3n) is 12.1. The van der Waals surface area contributed by atoms with Crippen LogP contribution >= 0.6 is 0 Å². The molecule has 0 unspecified atom stereocenters. The zero-order valence-electron chi connectivity index (χ0n) is 39.5. The molecule has 73 heavy (non-hydrogen) atoms. The molecule has 0 saturated heterocycles. The van der Waals surface area contributed by atoms with Gasteiger partial charge in [0.15, 0.2) is 5.78 Å². The van der Waals surface area contributed by atoms with Crippen LogP contribution in [-0.4, -0.2) is 142 Å². The molecule has 4 aromatic rings. The minimum Gasteiger partial charge on any atom is -0.497 e. The smallest absolute Gasteiger partial charge is 0.373 e. The Balaban J connectivity index is 0.00000321. The molecule has 2 aliphatic carbocycles. The maximum atomic E-state index is 13.4. The molecule has 0 spiro atoms. The Hall–Kier alpha value is -8.57. The Bertz CT molecular complexity index is 2770. The number of carboxylic acids is 5. The van der Waals surface area contributed by atoms with E-state index in [1.165, 1.54) is 47.2 Å². The average Bonchev–Trinajstić information content (AvgIpc) is 3.75. The zero-order chi connectivity index (χ0) is 53.5. The number of hydrogen-bond acceptors (Lipinski definition) is 19. The lowest BCUT2D eigenvalue weighted by molar-refractivity contribution is -0.385. The Morgan fingerprint density at radius 3 is 1.84 bits per heavy atom.